The minimum absolute atomic E-state index is 0.00702. The number of hydrogen-bond acceptors (Lipinski definition) is 6. The van der Waals surface area contributed by atoms with Crippen molar-refractivity contribution in [3.05, 3.63) is 30.1 Å². The van der Waals surface area contributed by atoms with E-state index in [1.54, 1.807) is 0 Å². The van der Waals surface area contributed by atoms with Crippen molar-refractivity contribution in [2.75, 3.05) is 32.8 Å². The zero-order valence-corrected chi connectivity index (χ0v) is 16.2. The van der Waals surface area contributed by atoms with Gasteiger partial charge in [0.05, 0.1) is 4.90 Å². The smallest absolute Gasteiger partial charge is 0.338 e. The molecule has 10 heteroatoms. The predicted octanol–water partition coefficient (Wildman–Crippen LogP) is 0.507. The van der Waals surface area contributed by atoms with Crippen LogP contribution in [0.1, 0.15) is 25.7 Å². The molecule has 1 aliphatic carbocycles. The van der Waals surface area contributed by atoms with Crippen LogP contribution >= 0.6 is 0 Å². The fourth-order valence-electron chi connectivity index (χ4n) is 3.45. The normalized spacial score (nSPS) is 20.1. The van der Waals surface area contributed by atoms with Crippen molar-refractivity contribution in [2.45, 2.75) is 36.2 Å². The summed E-state index contributed by atoms with van der Waals surface area (Å²) in [7, 11) is -3.76. The third-order valence-corrected chi connectivity index (χ3v) is 7.09. The number of hydrogen-bond donors (Lipinski definition) is 1. The Morgan fingerprint density at radius 2 is 1.64 bits per heavy atom. The van der Waals surface area contributed by atoms with Gasteiger partial charge in [0, 0.05) is 26.2 Å². The fourth-order valence-corrected chi connectivity index (χ4v) is 4.87. The molecule has 1 saturated carbocycles. The molecular formula is C18H23FN2O6S. The lowest BCUT2D eigenvalue weighted by Gasteiger charge is -2.34. The number of amides is 1. The molecule has 1 saturated heterocycles. The SMILES string of the molecule is O=C(COC(=O)C1(O)CCCC1)N1CCN(S(=O)(=O)c2ccc(F)cc2)CC1. The first-order valence-corrected chi connectivity index (χ1v) is 10.6. The molecule has 1 aromatic rings. The van der Waals surface area contributed by atoms with Crippen LogP contribution < -0.4 is 0 Å². The number of sulfonamides is 1. The zero-order chi connectivity index (χ0) is 20.4. The Bertz CT molecular complexity index is 828. The first-order chi connectivity index (χ1) is 13.2. The molecule has 1 heterocycles. The summed E-state index contributed by atoms with van der Waals surface area (Å²) in [6.45, 7) is 0.000670. The van der Waals surface area contributed by atoms with Crippen LogP contribution in [0, 0.1) is 5.82 Å². The number of esters is 1. The minimum atomic E-state index is -3.76. The van der Waals surface area contributed by atoms with Crippen LogP contribution in [0.15, 0.2) is 29.2 Å². The van der Waals surface area contributed by atoms with E-state index in [0.717, 1.165) is 25.0 Å². The summed E-state index contributed by atoms with van der Waals surface area (Å²) < 4.78 is 44.4. The van der Waals surface area contributed by atoms with Crippen LogP contribution in [0.4, 0.5) is 4.39 Å². The second-order valence-electron chi connectivity index (χ2n) is 7.05. The molecule has 0 spiro atoms. The van der Waals surface area contributed by atoms with E-state index in [1.165, 1.54) is 21.3 Å². The molecule has 2 aliphatic rings. The zero-order valence-electron chi connectivity index (χ0n) is 15.3. The molecular weight excluding hydrogens is 391 g/mol. The largest absolute Gasteiger partial charge is 0.453 e. The number of halogens is 1. The molecule has 1 N–H and O–H groups in total. The summed E-state index contributed by atoms with van der Waals surface area (Å²) in [5.74, 6) is -1.74. The van der Waals surface area contributed by atoms with Gasteiger partial charge in [-0.15, -0.1) is 0 Å². The van der Waals surface area contributed by atoms with E-state index in [1.807, 2.05) is 0 Å². The van der Waals surface area contributed by atoms with Crippen molar-refractivity contribution in [1.82, 2.24) is 9.21 Å². The van der Waals surface area contributed by atoms with Crippen LogP contribution in [-0.2, 0) is 24.3 Å². The Labute approximate surface area is 162 Å². The summed E-state index contributed by atoms with van der Waals surface area (Å²) in [6, 6.07) is 4.57. The second-order valence-corrected chi connectivity index (χ2v) is 8.99. The lowest BCUT2D eigenvalue weighted by molar-refractivity contribution is -0.168. The van der Waals surface area contributed by atoms with Crippen molar-refractivity contribution in [1.29, 1.82) is 0 Å². The van der Waals surface area contributed by atoms with Crippen molar-refractivity contribution in [2.24, 2.45) is 0 Å². The van der Waals surface area contributed by atoms with E-state index >= 15 is 0 Å². The van der Waals surface area contributed by atoms with Gasteiger partial charge in [-0.1, -0.05) is 0 Å². The number of aliphatic hydroxyl groups is 1. The number of nitrogens with zero attached hydrogens (tertiary/aromatic N) is 2. The van der Waals surface area contributed by atoms with Gasteiger partial charge in [-0.05, 0) is 49.9 Å². The topological polar surface area (TPSA) is 104 Å². The van der Waals surface area contributed by atoms with Crippen LogP contribution in [0.3, 0.4) is 0 Å². The van der Waals surface area contributed by atoms with E-state index in [-0.39, 0.29) is 31.1 Å². The fraction of sp³-hybridized carbons (Fsp3) is 0.556. The highest BCUT2D eigenvalue weighted by atomic mass is 32.2. The minimum Gasteiger partial charge on any atom is -0.453 e. The summed E-state index contributed by atoms with van der Waals surface area (Å²) in [6.07, 6.45) is 2.15. The molecule has 2 fully saturated rings. The van der Waals surface area contributed by atoms with E-state index in [2.05, 4.69) is 0 Å². The Balaban J connectivity index is 1.51. The van der Waals surface area contributed by atoms with Gasteiger partial charge in [-0.3, -0.25) is 4.79 Å². The van der Waals surface area contributed by atoms with E-state index in [9.17, 15) is 27.5 Å². The van der Waals surface area contributed by atoms with E-state index in [4.69, 9.17) is 4.74 Å². The molecule has 1 aromatic carbocycles. The Morgan fingerprint density at radius 3 is 2.21 bits per heavy atom. The quantitative estimate of drug-likeness (QED) is 0.704. The highest BCUT2D eigenvalue weighted by molar-refractivity contribution is 7.89. The molecule has 0 aromatic heterocycles. The maximum atomic E-state index is 13.0. The van der Waals surface area contributed by atoms with Gasteiger partial charge < -0.3 is 14.7 Å². The van der Waals surface area contributed by atoms with Crippen molar-refractivity contribution < 1.29 is 32.2 Å². The van der Waals surface area contributed by atoms with Crippen LogP contribution in [0.25, 0.3) is 0 Å². The van der Waals surface area contributed by atoms with E-state index < -0.39 is 39.9 Å². The highest BCUT2D eigenvalue weighted by Gasteiger charge is 2.41. The highest BCUT2D eigenvalue weighted by Crippen LogP contribution is 2.30. The van der Waals surface area contributed by atoms with Gasteiger partial charge in [0.2, 0.25) is 10.0 Å². The molecule has 0 bridgehead atoms. The van der Waals surface area contributed by atoms with Gasteiger partial charge in [0.1, 0.15) is 5.82 Å². The molecule has 1 amide bonds. The first kappa shape index (κ1) is 20.7. The Morgan fingerprint density at radius 1 is 1.07 bits per heavy atom. The molecule has 1 aliphatic heterocycles. The molecule has 0 radical (unpaired) electrons. The van der Waals surface area contributed by atoms with Crippen molar-refractivity contribution in [3.8, 4) is 0 Å². The summed E-state index contributed by atoms with van der Waals surface area (Å²) >= 11 is 0. The van der Waals surface area contributed by atoms with Crippen molar-refractivity contribution in [3.63, 3.8) is 0 Å². The number of piperazine rings is 1. The molecule has 0 atom stereocenters. The number of rotatable bonds is 5. The van der Waals surface area contributed by atoms with Gasteiger partial charge in [0.15, 0.2) is 12.2 Å². The standard InChI is InChI=1S/C18H23FN2O6S/c19-14-3-5-15(6-4-14)28(25,26)21-11-9-20(10-12-21)16(22)13-27-17(23)18(24)7-1-2-8-18/h3-6,24H,1-2,7-13H2. The third-order valence-electron chi connectivity index (χ3n) is 5.18. The van der Waals surface area contributed by atoms with Gasteiger partial charge in [-0.25, -0.2) is 17.6 Å². The number of benzene rings is 1. The lowest BCUT2D eigenvalue weighted by atomic mass is 10.0. The lowest BCUT2D eigenvalue weighted by Crippen LogP contribution is -2.51. The van der Waals surface area contributed by atoms with Gasteiger partial charge in [0.25, 0.3) is 5.91 Å². The van der Waals surface area contributed by atoms with E-state index in [0.29, 0.717) is 12.8 Å². The third kappa shape index (κ3) is 4.34. The van der Waals surface area contributed by atoms with Crippen LogP contribution in [-0.4, -0.2) is 73.0 Å². The first-order valence-electron chi connectivity index (χ1n) is 9.15. The number of carbonyl (C=O) groups is 2. The summed E-state index contributed by atoms with van der Waals surface area (Å²) in [5, 5.41) is 10.1. The van der Waals surface area contributed by atoms with Crippen molar-refractivity contribution >= 4 is 21.9 Å². The number of ether oxygens (including phenoxy) is 1. The molecule has 8 nitrogen and oxygen atoms in total. The summed E-state index contributed by atoms with van der Waals surface area (Å²) in [5.41, 5.74) is -1.50. The maximum absolute atomic E-state index is 13.0. The predicted molar refractivity (Wildman–Crippen MR) is 96.1 cm³/mol. The monoisotopic (exact) mass is 414 g/mol. The maximum Gasteiger partial charge on any atom is 0.338 e. The molecule has 3 rings (SSSR count). The van der Waals surface area contributed by atoms with Crippen LogP contribution in [0.2, 0.25) is 0 Å². The second kappa shape index (κ2) is 8.14. The molecule has 28 heavy (non-hydrogen) atoms. The Hall–Kier alpha value is -2.04. The van der Waals surface area contributed by atoms with Gasteiger partial charge in [-0.2, -0.15) is 4.31 Å². The number of carbonyl (C=O) groups excluding carboxylic acids is 2. The average Bonchev–Trinajstić information content (AvgIpc) is 3.14. The average molecular weight is 414 g/mol. The van der Waals surface area contributed by atoms with Gasteiger partial charge >= 0.3 is 5.97 Å². The Kier molecular flexibility index (Phi) is 6.01. The molecule has 0 unspecified atom stereocenters. The molecule has 154 valence electrons. The van der Waals surface area contributed by atoms with Crippen LogP contribution in [0.5, 0.6) is 0 Å². The summed E-state index contributed by atoms with van der Waals surface area (Å²) in [4.78, 5) is 25.6.